The third kappa shape index (κ3) is 2.57. The lowest BCUT2D eigenvalue weighted by atomic mass is 9.97. The fraction of sp³-hybridized carbons (Fsp3) is 0.364. The number of hydrogen-bond acceptors (Lipinski definition) is 3. The highest BCUT2D eigenvalue weighted by atomic mass is 35.5. The highest BCUT2D eigenvalue weighted by molar-refractivity contribution is 6.34. The maximum absolute atomic E-state index is 13.1. The van der Waals surface area contributed by atoms with Crippen molar-refractivity contribution in [3.63, 3.8) is 0 Å². The molecule has 0 bridgehead atoms. The van der Waals surface area contributed by atoms with Crippen LogP contribution in [0.3, 0.4) is 0 Å². The number of benzene rings is 1. The van der Waals surface area contributed by atoms with Crippen LogP contribution in [-0.4, -0.2) is 36.2 Å². The van der Waals surface area contributed by atoms with Gasteiger partial charge in [-0.1, -0.05) is 17.7 Å². The van der Waals surface area contributed by atoms with Crippen LogP contribution in [0.5, 0.6) is 0 Å². The Bertz CT molecular complexity index is 449. The van der Waals surface area contributed by atoms with Crippen molar-refractivity contribution in [1.82, 2.24) is 10.6 Å². The second kappa shape index (κ2) is 4.60. The summed E-state index contributed by atoms with van der Waals surface area (Å²) in [5, 5.41) is 15.0. The van der Waals surface area contributed by atoms with E-state index in [1.807, 2.05) is 0 Å². The summed E-state index contributed by atoms with van der Waals surface area (Å²) in [7, 11) is 0. The quantitative estimate of drug-likeness (QED) is 0.742. The van der Waals surface area contributed by atoms with Crippen molar-refractivity contribution in [1.29, 1.82) is 0 Å². The average molecular weight is 259 g/mol. The average Bonchev–Trinajstić information content (AvgIpc) is 2.27. The molecule has 1 aliphatic rings. The Hall–Kier alpha value is -1.17. The van der Waals surface area contributed by atoms with Crippen molar-refractivity contribution in [2.45, 2.75) is 5.60 Å². The third-order valence-corrected chi connectivity index (χ3v) is 3.07. The highest BCUT2D eigenvalue weighted by Gasteiger charge is 2.34. The van der Waals surface area contributed by atoms with Gasteiger partial charge in [0.2, 0.25) is 0 Å². The molecule has 0 saturated carbocycles. The fourth-order valence-corrected chi connectivity index (χ4v) is 1.77. The van der Waals surface area contributed by atoms with Crippen molar-refractivity contribution >= 4 is 17.5 Å². The van der Waals surface area contributed by atoms with Gasteiger partial charge in [0, 0.05) is 19.6 Å². The summed E-state index contributed by atoms with van der Waals surface area (Å²) < 4.78 is 13.1. The molecule has 1 heterocycles. The van der Waals surface area contributed by atoms with Crippen molar-refractivity contribution in [2.75, 3.05) is 19.6 Å². The third-order valence-electron chi connectivity index (χ3n) is 2.68. The summed E-state index contributed by atoms with van der Waals surface area (Å²) in [4.78, 5) is 11.7. The number of aliphatic hydroxyl groups is 1. The SMILES string of the molecule is O=C(NCC1(O)CNC1)c1cccc(F)c1Cl. The van der Waals surface area contributed by atoms with E-state index in [9.17, 15) is 14.3 Å². The van der Waals surface area contributed by atoms with Crippen molar-refractivity contribution < 1.29 is 14.3 Å². The lowest BCUT2D eigenvalue weighted by Gasteiger charge is -2.37. The van der Waals surface area contributed by atoms with Crippen LogP contribution in [0, 0.1) is 5.82 Å². The first-order valence-corrected chi connectivity index (χ1v) is 5.55. The van der Waals surface area contributed by atoms with Gasteiger partial charge in [-0.3, -0.25) is 4.79 Å². The van der Waals surface area contributed by atoms with E-state index >= 15 is 0 Å². The molecule has 3 N–H and O–H groups in total. The first-order chi connectivity index (χ1) is 8.02. The standard InChI is InChI=1S/C11H12ClFN2O2/c12-9-7(2-1-3-8(9)13)10(16)15-6-11(17)4-14-5-11/h1-3,14,17H,4-6H2,(H,15,16). The molecule has 1 aliphatic heterocycles. The minimum atomic E-state index is -0.907. The van der Waals surface area contributed by atoms with E-state index < -0.39 is 17.3 Å². The number of hydrogen-bond donors (Lipinski definition) is 3. The van der Waals surface area contributed by atoms with Crippen LogP contribution in [-0.2, 0) is 0 Å². The summed E-state index contributed by atoms with van der Waals surface area (Å²) in [6, 6.07) is 4.03. The zero-order valence-corrected chi connectivity index (χ0v) is 9.72. The summed E-state index contributed by atoms with van der Waals surface area (Å²) >= 11 is 5.68. The largest absolute Gasteiger partial charge is 0.385 e. The Balaban J connectivity index is 2.02. The van der Waals surface area contributed by atoms with E-state index in [1.54, 1.807) is 0 Å². The molecule has 1 aromatic carbocycles. The van der Waals surface area contributed by atoms with Crippen LogP contribution in [0.4, 0.5) is 4.39 Å². The molecule has 0 aromatic heterocycles. The van der Waals surface area contributed by atoms with Crippen LogP contribution in [0.2, 0.25) is 5.02 Å². The topological polar surface area (TPSA) is 61.4 Å². The van der Waals surface area contributed by atoms with E-state index in [2.05, 4.69) is 10.6 Å². The van der Waals surface area contributed by atoms with Gasteiger partial charge in [0.05, 0.1) is 10.6 Å². The summed E-state index contributed by atoms with van der Waals surface area (Å²) in [6.07, 6.45) is 0. The van der Waals surface area contributed by atoms with Crippen molar-refractivity contribution in [3.8, 4) is 0 Å². The van der Waals surface area contributed by atoms with E-state index in [4.69, 9.17) is 11.6 Å². The van der Waals surface area contributed by atoms with Crippen LogP contribution < -0.4 is 10.6 Å². The summed E-state index contributed by atoms with van der Waals surface area (Å²) in [5.41, 5.74) is -0.835. The Morgan fingerprint density at radius 3 is 2.88 bits per heavy atom. The molecule has 0 spiro atoms. The second-order valence-corrected chi connectivity index (χ2v) is 4.49. The number of β-amino-alcohol motifs (C(OH)–C–C–N with tert-alkyl or cyclic N) is 1. The van der Waals surface area contributed by atoms with Gasteiger partial charge in [0.1, 0.15) is 11.4 Å². The molecule has 0 aliphatic carbocycles. The van der Waals surface area contributed by atoms with E-state index in [0.29, 0.717) is 13.1 Å². The minimum absolute atomic E-state index is 0.0718. The van der Waals surface area contributed by atoms with Crippen molar-refractivity contribution in [2.24, 2.45) is 0 Å². The molecule has 92 valence electrons. The maximum atomic E-state index is 13.1. The zero-order valence-electron chi connectivity index (χ0n) is 8.96. The molecule has 1 aromatic rings. The number of rotatable bonds is 3. The molecule has 0 unspecified atom stereocenters. The molecular weight excluding hydrogens is 247 g/mol. The van der Waals surface area contributed by atoms with Gasteiger partial charge in [0.25, 0.3) is 5.91 Å². The smallest absolute Gasteiger partial charge is 0.253 e. The number of halogens is 2. The number of carbonyl (C=O) groups is 1. The molecule has 6 heteroatoms. The highest BCUT2D eigenvalue weighted by Crippen LogP contribution is 2.19. The van der Waals surface area contributed by atoms with Crippen molar-refractivity contribution in [3.05, 3.63) is 34.6 Å². The zero-order chi connectivity index (χ0) is 12.5. The Labute approximate surface area is 103 Å². The van der Waals surface area contributed by atoms with Gasteiger partial charge < -0.3 is 15.7 Å². The van der Waals surface area contributed by atoms with E-state index in [1.165, 1.54) is 18.2 Å². The van der Waals surface area contributed by atoms with Gasteiger partial charge in [-0.05, 0) is 12.1 Å². The second-order valence-electron chi connectivity index (χ2n) is 4.11. The Morgan fingerprint density at radius 2 is 2.29 bits per heavy atom. The van der Waals surface area contributed by atoms with Crippen LogP contribution in [0.25, 0.3) is 0 Å². The Morgan fingerprint density at radius 1 is 1.59 bits per heavy atom. The number of nitrogens with one attached hydrogen (secondary N) is 2. The fourth-order valence-electron chi connectivity index (χ4n) is 1.56. The minimum Gasteiger partial charge on any atom is -0.385 e. The van der Waals surface area contributed by atoms with Crippen LogP contribution in [0.15, 0.2) is 18.2 Å². The predicted molar refractivity (Wildman–Crippen MR) is 61.6 cm³/mol. The monoisotopic (exact) mass is 258 g/mol. The van der Waals surface area contributed by atoms with Gasteiger partial charge in [-0.15, -0.1) is 0 Å². The molecule has 2 rings (SSSR count). The maximum Gasteiger partial charge on any atom is 0.253 e. The number of amides is 1. The lowest BCUT2D eigenvalue weighted by molar-refractivity contribution is -0.00759. The van der Waals surface area contributed by atoms with Crippen LogP contribution in [0.1, 0.15) is 10.4 Å². The molecular formula is C11H12ClFN2O2. The molecule has 1 fully saturated rings. The van der Waals surface area contributed by atoms with Gasteiger partial charge in [-0.2, -0.15) is 0 Å². The molecule has 0 atom stereocenters. The van der Waals surface area contributed by atoms with Gasteiger partial charge in [0.15, 0.2) is 0 Å². The van der Waals surface area contributed by atoms with E-state index in [-0.39, 0.29) is 17.1 Å². The number of carbonyl (C=O) groups excluding carboxylic acids is 1. The normalized spacial score (nSPS) is 17.4. The molecule has 0 radical (unpaired) electrons. The first-order valence-electron chi connectivity index (χ1n) is 5.17. The van der Waals surface area contributed by atoms with E-state index in [0.717, 1.165) is 0 Å². The molecule has 1 amide bonds. The molecule has 4 nitrogen and oxygen atoms in total. The summed E-state index contributed by atoms with van der Waals surface area (Å²) in [5.74, 6) is -1.13. The lowest BCUT2D eigenvalue weighted by Crippen LogP contribution is -2.64. The summed E-state index contributed by atoms with van der Waals surface area (Å²) in [6.45, 7) is 0.986. The molecule has 17 heavy (non-hydrogen) atoms. The Kier molecular flexibility index (Phi) is 3.33. The predicted octanol–water partition coefficient (Wildman–Crippen LogP) is 0.543. The van der Waals surface area contributed by atoms with Gasteiger partial charge in [-0.25, -0.2) is 4.39 Å². The van der Waals surface area contributed by atoms with Gasteiger partial charge >= 0.3 is 0 Å². The molecule has 1 saturated heterocycles. The van der Waals surface area contributed by atoms with Crippen LogP contribution >= 0.6 is 11.6 Å². The first kappa shape index (κ1) is 12.3.